The van der Waals surface area contributed by atoms with E-state index in [0.29, 0.717) is 11.6 Å². The molecule has 90 valence electrons. The first-order chi connectivity index (χ1) is 8.29. The zero-order valence-electron chi connectivity index (χ0n) is 9.64. The highest BCUT2D eigenvalue weighted by atomic mass is 16.5. The molecule has 3 rings (SSSR count). The third kappa shape index (κ3) is 1.86. The lowest BCUT2D eigenvalue weighted by molar-refractivity contribution is 0.0600. The van der Waals surface area contributed by atoms with E-state index < -0.39 is 0 Å². The summed E-state index contributed by atoms with van der Waals surface area (Å²) < 4.78 is 4.68. The number of pyridine rings is 1. The monoisotopic (exact) mass is 233 g/mol. The lowest BCUT2D eigenvalue weighted by atomic mass is 10.2. The third-order valence-electron chi connectivity index (χ3n) is 3.59. The van der Waals surface area contributed by atoms with Crippen molar-refractivity contribution in [3.05, 3.63) is 23.9 Å². The molecule has 2 atom stereocenters. The molecule has 2 N–H and O–H groups in total. The molecule has 0 aromatic carbocycles. The number of carbonyl (C=O) groups is 1. The highest BCUT2D eigenvalue weighted by molar-refractivity contribution is 5.90. The number of ether oxygens (including phenoxy) is 1. The Hall–Kier alpha value is -1.62. The van der Waals surface area contributed by atoms with Crippen molar-refractivity contribution >= 4 is 11.8 Å². The Balaban J connectivity index is 1.69. The summed E-state index contributed by atoms with van der Waals surface area (Å²) >= 11 is 0. The molecular weight excluding hydrogens is 218 g/mol. The molecule has 1 saturated carbocycles. The number of hydrogen-bond donors (Lipinski definition) is 2. The number of carbonyl (C=O) groups excluding carboxylic acids is 1. The summed E-state index contributed by atoms with van der Waals surface area (Å²) in [4.78, 5) is 15.6. The molecule has 1 aliphatic carbocycles. The highest BCUT2D eigenvalue weighted by Crippen LogP contribution is 2.43. The number of anilines is 1. The van der Waals surface area contributed by atoms with Crippen molar-refractivity contribution in [2.75, 3.05) is 25.5 Å². The molecule has 2 aliphatic rings. The summed E-state index contributed by atoms with van der Waals surface area (Å²) in [7, 11) is 1.38. The van der Waals surface area contributed by atoms with Gasteiger partial charge < -0.3 is 15.4 Å². The van der Waals surface area contributed by atoms with Gasteiger partial charge in [0.05, 0.1) is 12.7 Å². The Bertz CT molecular complexity index is 439. The quantitative estimate of drug-likeness (QED) is 0.744. The molecule has 0 bridgehead atoms. The zero-order chi connectivity index (χ0) is 11.8. The van der Waals surface area contributed by atoms with Crippen molar-refractivity contribution < 1.29 is 9.53 Å². The van der Waals surface area contributed by atoms with E-state index in [0.717, 1.165) is 30.7 Å². The number of fused-ring (bicyclic) bond motifs is 1. The summed E-state index contributed by atoms with van der Waals surface area (Å²) in [5, 5.41) is 6.72. The molecule has 2 fully saturated rings. The number of esters is 1. The van der Waals surface area contributed by atoms with E-state index in [2.05, 4.69) is 20.4 Å². The first kappa shape index (κ1) is 10.5. The molecular formula is C12H15N3O2. The lowest BCUT2D eigenvalue weighted by Gasteiger charge is -2.08. The van der Waals surface area contributed by atoms with E-state index in [-0.39, 0.29) is 5.97 Å². The van der Waals surface area contributed by atoms with Crippen LogP contribution in [0.25, 0.3) is 0 Å². The van der Waals surface area contributed by atoms with Gasteiger partial charge in [-0.3, -0.25) is 0 Å². The van der Waals surface area contributed by atoms with Crippen molar-refractivity contribution in [2.24, 2.45) is 11.8 Å². The van der Waals surface area contributed by atoms with Crippen LogP contribution in [0.15, 0.2) is 18.3 Å². The second-order valence-corrected chi connectivity index (χ2v) is 4.58. The van der Waals surface area contributed by atoms with Crippen LogP contribution >= 0.6 is 0 Å². The molecule has 2 unspecified atom stereocenters. The van der Waals surface area contributed by atoms with Crippen molar-refractivity contribution in [3.8, 4) is 0 Å². The van der Waals surface area contributed by atoms with Gasteiger partial charge in [0.1, 0.15) is 5.82 Å². The third-order valence-corrected chi connectivity index (χ3v) is 3.59. The molecule has 1 aliphatic heterocycles. The molecule has 5 heteroatoms. The van der Waals surface area contributed by atoms with Gasteiger partial charge in [-0.1, -0.05) is 0 Å². The summed E-state index contributed by atoms with van der Waals surface area (Å²) in [6, 6.07) is 3.91. The summed E-state index contributed by atoms with van der Waals surface area (Å²) in [5.41, 5.74) is 0.536. The Morgan fingerprint density at radius 2 is 2.29 bits per heavy atom. The molecule has 1 aromatic rings. The van der Waals surface area contributed by atoms with Crippen LogP contribution in [-0.4, -0.2) is 37.2 Å². The smallest absolute Gasteiger partial charge is 0.338 e. The zero-order valence-corrected chi connectivity index (χ0v) is 9.64. The number of piperidine rings is 1. The average molecular weight is 233 g/mol. The van der Waals surface area contributed by atoms with Crippen LogP contribution in [0.5, 0.6) is 0 Å². The second kappa shape index (κ2) is 4.00. The maximum atomic E-state index is 11.4. The van der Waals surface area contributed by atoms with Gasteiger partial charge in [-0.2, -0.15) is 0 Å². The van der Waals surface area contributed by atoms with Crippen LogP contribution in [0.3, 0.4) is 0 Å². The summed E-state index contributed by atoms with van der Waals surface area (Å²) in [5.74, 6) is 1.87. The van der Waals surface area contributed by atoms with E-state index in [4.69, 9.17) is 0 Å². The van der Waals surface area contributed by atoms with Gasteiger partial charge in [0.2, 0.25) is 0 Å². The van der Waals surface area contributed by atoms with E-state index in [1.807, 2.05) is 0 Å². The SMILES string of the molecule is COC(=O)c1ccnc(NC2C3CNCC32)c1. The maximum absolute atomic E-state index is 11.4. The fourth-order valence-corrected chi connectivity index (χ4v) is 2.56. The molecule has 0 amide bonds. The molecule has 1 saturated heterocycles. The van der Waals surface area contributed by atoms with E-state index in [1.165, 1.54) is 7.11 Å². The normalized spacial score (nSPS) is 29.6. The van der Waals surface area contributed by atoms with Gasteiger partial charge in [-0.15, -0.1) is 0 Å². The number of hydrogen-bond acceptors (Lipinski definition) is 5. The first-order valence-corrected chi connectivity index (χ1v) is 5.81. The van der Waals surface area contributed by atoms with E-state index >= 15 is 0 Å². The van der Waals surface area contributed by atoms with Crippen LogP contribution in [0.4, 0.5) is 5.82 Å². The van der Waals surface area contributed by atoms with Crippen LogP contribution in [0.2, 0.25) is 0 Å². The second-order valence-electron chi connectivity index (χ2n) is 4.58. The fourth-order valence-electron chi connectivity index (χ4n) is 2.56. The Morgan fingerprint density at radius 1 is 1.53 bits per heavy atom. The Labute approximate surface area is 99.6 Å². The Morgan fingerprint density at radius 3 is 3.00 bits per heavy atom. The number of rotatable bonds is 3. The molecule has 1 aromatic heterocycles. The molecule has 2 heterocycles. The number of methoxy groups -OCH3 is 1. The highest BCUT2D eigenvalue weighted by Gasteiger charge is 2.53. The van der Waals surface area contributed by atoms with Gasteiger partial charge in [0.25, 0.3) is 0 Å². The van der Waals surface area contributed by atoms with Gasteiger partial charge in [0, 0.05) is 25.3 Å². The van der Waals surface area contributed by atoms with E-state index in [1.54, 1.807) is 18.3 Å². The van der Waals surface area contributed by atoms with Gasteiger partial charge in [-0.05, 0) is 24.0 Å². The minimum Gasteiger partial charge on any atom is -0.465 e. The summed E-state index contributed by atoms with van der Waals surface area (Å²) in [6.07, 6.45) is 1.63. The molecule has 0 spiro atoms. The predicted octanol–water partition coefficient (Wildman–Crippen LogP) is 0.498. The summed E-state index contributed by atoms with van der Waals surface area (Å²) in [6.45, 7) is 2.16. The fraction of sp³-hybridized carbons (Fsp3) is 0.500. The molecule has 17 heavy (non-hydrogen) atoms. The Kier molecular flexibility index (Phi) is 2.48. The average Bonchev–Trinajstić information content (AvgIpc) is 2.80. The van der Waals surface area contributed by atoms with Crippen molar-refractivity contribution in [2.45, 2.75) is 6.04 Å². The van der Waals surface area contributed by atoms with Crippen LogP contribution in [0.1, 0.15) is 10.4 Å². The first-order valence-electron chi connectivity index (χ1n) is 5.81. The topological polar surface area (TPSA) is 63.2 Å². The standard InChI is InChI=1S/C12H15N3O2/c1-17-12(16)7-2-3-14-10(4-7)15-11-8-5-13-6-9(8)11/h2-4,8-9,11,13H,5-6H2,1H3,(H,14,15). The maximum Gasteiger partial charge on any atom is 0.338 e. The number of nitrogens with zero attached hydrogens (tertiary/aromatic N) is 1. The van der Waals surface area contributed by atoms with Crippen molar-refractivity contribution in [1.82, 2.24) is 10.3 Å². The minimum atomic E-state index is -0.326. The van der Waals surface area contributed by atoms with Crippen molar-refractivity contribution in [3.63, 3.8) is 0 Å². The van der Waals surface area contributed by atoms with E-state index in [9.17, 15) is 4.79 Å². The van der Waals surface area contributed by atoms with Gasteiger partial charge in [-0.25, -0.2) is 9.78 Å². The minimum absolute atomic E-state index is 0.326. The van der Waals surface area contributed by atoms with Crippen LogP contribution in [0, 0.1) is 11.8 Å². The van der Waals surface area contributed by atoms with Gasteiger partial charge >= 0.3 is 5.97 Å². The lowest BCUT2D eigenvalue weighted by Crippen LogP contribution is -2.21. The van der Waals surface area contributed by atoms with Crippen LogP contribution < -0.4 is 10.6 Å². The van der Waals surface area contributed by atoms with Crippen LogP contribution in [-0.2, 0) is 4.74 Å². The van der Waals surface area contributed by atoms with Crippen molar-refractivity contribution in [1.29, 1.82) is 0 Å². The predicted molar refractivity (Wildman–Crippen MR) is 62.8 cm³/mol. The number of nitrogens with one attached hydrogen (secondary N) is 2. The molecule has 0 radical (unpaired) electrons. The largest absolute Gasteiger partial charge is 0.465 e. The molecule has 5 nitrogen and oxygen atoms in total. The number of aromatic nitrogens is 1. The van der Waals surface area contributed by atoms with Gasteiger partial charge in [0.15, 0.2) is 0 Å².